The molecule has 5 heteroatoms. The molecule has 16 heavy (non-hydrogen) atoms. The summed E-state index contributed by atoms with van der Waals surface area (Å²) in [5.41, 5.74) is -1.80. The fourth-order valence-electron chi connectivity index (χ4n) is 1.74. The molecule has 0 rings (SSSR count). The molecular formula is C11H17NO4. The fraction of sp³-hybridized carbons (Fsp3) is 0.727. The highest BCUT2D eigenvalue weighted by Crippen LogP contribution is 2.35. The van der Waals surface area contributed by atoms with E-state index in [0.717, 1.165) is 6.42 Å². The molecule has 0 fully saturated rings. The van der Waals surface area contributed by atoms with Crippen LogP contribution < -0.4 is 0 Å². The fourth-order valence-corrected chi connectivity index (χ4v) is 1.74. The number of hydrogen-bond donors (Lipinski definition) is 2. The summed E-state index contributed by atoms with van der Waals surface area (Å²) in [5.74, 6) is -3.69. The largest absolute Gasteiger partial charge is 0.481 e. The molecule has 0 aliphatic carbocycles. The number of hydrogen-bond acceptors (Lipinski definition) is 3. The van der Waals surface area contributed by atoms with E-state index < -0.39 is 23.3 Å². The van der Waals surface area contributed by atoms with Crippen LogP contribution in [0.15, 0.2) is 0 Å². The highest BCUT2D eigenvalue weighted by molar-refractivity contribution is 5.86. The van der Waals surface area contributed by atoms with E-state index in [1.165, 1.54) is 6.92 Å². The minimum Gasteiger partial charge on any atom is -0.481 e. The summed E-state index contributed by atoms with van der Waals surface area (Å²) in [7, 11) is 0. The third-order valence-corrected chi connectivity index (χ3v) is 2.88. The average Bonchev–Trinajstić information content (AvgIpc) is 2.23. The van der Waals surface area contributed by atoms with Crippen LogP contribution >= 0.6 is 0 Å². The van der Waals surface area contributed by atoms with Crippen molar-refractivity contribution in [3.8, 4) is 6.07 Å². The summed E-state index contributed by atoms with van der Waals surface area (Å²) in [4.78, 5) is 22.2. The number of carbonyl (C=O) groups is 2. The van der Waals surface area contributed by atoms with Crippen LogP contribution in [0, 0.1) is 22.7 Å². The van der Waals surface area contributed by atoms with E-state index in [9.17, 15) is 9.59 Å². The molecule has 0 aromatic rings. The zero-order valence-electron chi connectivity index (χ0n) is 9.56. The van der Waals surface area contributed by atoms with Crippen LogP contribution in [0.1, 0.15) is 39.5 Å². The minimum atomic E-state index is -1.80. The van der Waals surface area contributed by atoms with Crippen LogP contribution in [0.4, 0.5) is 0 Å². The number of unbranched alkanes of at least 4 members (excludes halogenated alkanes) is 1. The summed E-state index contributed by atoms with van der Waals surface area (Å²) >= 11 is 0. The van der Waals surface area contributed by atoms with Crippen LogP contribution in [0.25, 0.3) is 0 Å². The molecule has 2 atom stereocenters. The molecule has 0 bridgehead atoms. The van der Waals surface area contributed by atoms with Crippen molar-refractivity contribution < 1.29 is 19.8 Å². The van der Waals surface area contributed by atoms with Gasteiger partial charge in [0.2, 0.25) is 0 Å². The molecule has 0 aromatic carbocycles. The van der Waals surface area contributed by atoms with Crippen molar-refractivity contribution in [3.63, 3.8) is 0 Å². The first kappa shape index (κ1) is 14.4. The maximum absolute atomic E-state index is 11.1. The van der Waals surface area contributed by atoms with Crippen molar-refractivity contribution in [2.24, 2.45) is 11.3 Å². The second-order valence-corrected chi connectivity index (χ2v) is 3.77. The first-order valence-corrected chi connectivity index (χ1v) is 5.33. The Morgan fingerprint density at radius 1 is 1.38 bits per heavy atom. The van der Waals surface area contributed by atoms with Crippen molar-refractivity contribution in [1.82, 2.24) is 0 Å². The molecule has 0 radical (unpaired) electrons. The van der Waals surface area contributed by atoms with Crippen LogP contribution in [0.5, 0.6) is 0 Å². The summed E-state index contributed by atoms with van der Waals surface area (Å²) in [6, 6.07) is 1.67. The van der Waals surface area contributed by atoms with Gasteiger partial charge in [-0.2, -0.15) is 5.26 Å². The first-order chi connectivity index (χ1) is 7.46. The number of nitrogens with zero attached hydrogens (tertiary/aromatic N) is 1. The van der Waals surface area contributed by atoms with Gasteiger partial charge in [0.15, 0.2) is 5.41 Å². The molecule has 0 amide bonds. The Labute approximate surface area is 94.7 Å². The standard InChI is InChI=1S/C11H17NO4/c1-3-5-6-8(9(13)14)11(4-2,7-12)10(15)16/h8H,3-6H2,1-2H3,(H,13,14)(H,15,16). The molecule has 2 unspecified atom stereocenters. The van der Waals surface area contributed by atoms with E-state index in [2.05, 4.69) is 0 Å². The third kappa shape index (κ3) is 2.72. The van der Waals surface area contributed by atoms with E-state index >= 15 is 0 Å². The predicted octanol–water partition coefficient (Wildman–Crippen LogP) is 1.88. The smallest absolute Gasteiger partial charge is 0.324 e. The van der Waals surface area contributed by atoms with Crippen LogP contribution in [0.2, 0.25) is 0 Å². The van der Waals surface area contributed by atoms with E-state index in [-0.39, 0.29) is 12.8 Å². The van der Waals surface area contributed by atoms with Crippen molar-refractivity contribution in [3.05, 3.63) is 0 Å². The summed E-state index contributed by atoms with van der Waals surface area (Å²) in [6.45, 7) is 3.42. The molecule has 0 aromatic heterocycles. The number of carboxylic acid groups (broad SMARTS) is 2. The monoisotopic (exact) mass is 227 g/mol. The molecule has 0 saturated heterocycles. The maximum atomic E-state index is 11.1. The van der Waals surface area contributed by atoms with Gasteiger partial charge < -0.3 is 10.2 Å². The van der Waals surface area contributed by atoms with Crippen LogP contribution in [-0.2, 0) is 9.59 Å². The lowest BCUT2D eigenvalue weighted by molar-refractivity contribution is -0.159. The Kier molecular flexibility index (Phi) is 5.51. The first-order valence-electron chi connectivity index (χ1n) is 5.33. The maximum Gasteiger partial charge on any atom is 0.324 e. The number of aliphatic carboxylic acids is 2. The van der Waals surface area contributed by atoms with E-state index in [1.54, 1.807) is 6.07 Å². The number of nitriles is 1. The third-order valence-electron chi connectivity index (χ3n) is 2.88. The highest BCUT2D eigenvalue weighted by atomic mass is 16.4. The van der Waals surface area contributed by atoms with Gasteiger partial charge >= 0.3 is 11.9 Å². The Morgan fingerprint density at radius 2 is 1.94 bits per heavy atom. The molecule has 0 spiro atoms. The zero-order valence-corrected chi connectivity index (χ0v) is 9.56. The molecule has 90 valence electrons. The summed E-state index contributed by atoms with van der Waals surface area (Å²) < 4.78 is 0. The van der Waals surface area contributed by atoms with Crippen LogP contribution in [-0.4, -0.2) is 22.2 Å². The zero-order chi connectivity index (χ0) is 12.8. The van der Waals surface area contributed by atoms with Crippen molar-refractivity contribution in [1.29, 1.82) is 5.26 Å². The SMILES string of the molecule is CCCCC(C(=O)O)C(C#N)(CC)C(=O)O. The van der Waals surface area contributed by atoms with Gasteiger partial charge in [0, 0.05) is 0 Å². The molecule has 0 saturated carbocycles. The quantitative estimate of drug-likeness (QED) is 0.691. The number of rotatable bonds is 7. The molecule has 0 heterocycles. The molecule has 0 aliphatic heterocycles. The van der Waals surface area contributed by atoms with Gasteiger partial charge in [0.1, 0.15) is 0 Å². The van der Waals surface area contributed by atoms with Gasteiger partial charge in [-0.3, -0.25) is 9.59 Å². The van der Waals surface area contributed by atoms with E-state index in [4.69, 9.17) is 15.5 Å². The van der Waals surface area contributed by atoms with Gasteiger partial charge in [0.25, 0.3) is 0 Å². The van der Waals surface area contributed by atoms with Gasteiger partial charge in [-0.05, 0) is 12.8 Å². The number of carboxylic acids is 2. The molecule has 0 aliphatic rings. The lowest BCUT2D eigenvalue weighted by Gasteiger charge is -2.26. The molecule has 2 N–H and O–H groups in total. The molecule has 5 nitrogen and oxygen atoms in total. The van der Waals surface area contributed by atoms with Gasteiger partial charge in [-0.15, -0.1) is 0 Å². The Bertz CT molecular complexity index is 308. The topological polar surface area (TPSA) is 98.4 Å². The van der Waals surface area contributed by atoms with Gasteiger partial charge in [0.05, 0.1) is 12.0 Å². The second kappa shape index (κ2) is 6.11. The van der Waals surface area contributed by atoms with E-state index in [1.807, 2.05) is 6.92 Å². The van der Waals surface area contributed by atoms with Crippen molar-refractivity contribution in [2.45, 2.75) is 39.5 Å². The predicted molar refractivity (Wildman–Crippen MR) is 56.6 cm³/mol. The second-order valence-electron chi connectivity index (χ2n) is 3.77. The van der Waals surface area contributed by atoms with Gasteiger partial charge in [-0.25, -0.2) is 0 Å². The Balaban J connectivity index is 5.19. The Morgan fingerprint density at radius 3 is 2.19 bits per heavy atom. The lowest BCUT2D eigenvalue weighted by atomic mass is 9.72. The average molecular weight is 227 g/mol. The highest BCUT2D eigenvalue weighted by Gasteiger charge is 2.48. The normalized spacial score (nSPS) is 15.8. The lowest BCUT2D eigenvalue weighted by Crippen LogP contribution is -2.41. The Hall–Kier alpha value is -1.57. The molecular weight excluding hydrogens is 210 g/mol. The summed E-state index contributed by atoms with van der Waals surface area (Å²) in [5, 5.41) is 27.1. The minimum absolute atomic E-state index is 0.000482. The van der Waals surface area contributed by atoms with Crippen LogP contribution in [0.3, 0.4) is 0 Å². The van der Waals surface area contributed by atoms with Crippen molar-refractivity contribution >= 4 is 11.9 Å². The van der Waals surface area contributed by atoms with Gasteiger partial charge in [-0.1, -0.05) is 26.7 Å². The van der Waals surface area contributed by atoms with E-state index in [0.29, 0.717) is 6.42 Å². The summed E-state index contributed by atoms with van der Waals surface area (Å²) in [6.07, 6.45) is 1.60. The van der Waals surface area contributed by atoms with Crippen molar-refractivity contribution in [2.75, 3.05) is 0 Å².